The summed E-state index contributed by atoms with van der Waals surface area (Å²) in [6, 6.07) is 6.03. The first-order valence-electron chi connectivity index (χ1n) is 6.29. The summed E-state index contributed by atoms with van der Waals surface area (Å²) in [4.78, 5) is 3.26. The molecule has 0 saturated carbocycles. The van der Waals surface area contributed by atoms with Gasteiger partial charge in [0.1, 0.15) is 5.75 Å². The molecule has 0 fully saturated rings. The van der Waals surface area contributed by atoms with Crippen molar-refractivity contribution in [3.8, 4) is 5.75 Å². The quantitative estimate of drug-likeness (QED) is 0.837. The van der Waals surface area contributed by atoms with Crippen molar-refractivity contribution in [3.63, 3.8) is 0 Å². The zero-order valence-corrected chi connectivity index (χ0v) is 12.2. The molecule has 0 aliphatic rings. The van der Waals surface area contributed by atoms with E-state index in [1.54, 1.807) is 7.11 Å². The van der Waals surface area contributed by atoms with Crippen molar-refractivity contribution in [2.75, 3.05) is 7.11 Å². The van der Waals surface area contributed by atoms with Crippen molar-refractivity contribution in [1.29, 1.82) is 0 Å². The summed E-state index contributed by atoms with van der Waals surface area (Å²) >= 11 is 5.46. The van der Waals surface area contributed by atoms with Gasteiger partial charge in [0.25, 0.3) is 0 Å². The van der Waals surface area contributed by atoms with Crippen molar-refractivity contribution in [2.45, 2.75) is 39.2 Å². The lowest BCUT2D eigenvalue weighted by atomic mass is 9.98. The Bertz CT molecular complexity index is 610. The van der Waals surface area contributed by atoms with Crippen LogP contribution in [0.5, 0.6) is 5.75 Å². The number of hydrogen-bond acceptors (Lipinski definition) is 2. The number of nitrogens with one attached hydrogen (secondary N) is 1. The van der Waals surface area contributed by atoms with E-state index >= 15 is 0 Å². The highest BCUT2D eigenvalue weighted by Crippen LogP contribution is 2.29. The molecule has 2 rings (SSSR count). The van der Waals surface area contributed by atoms with Gasteiger partial charge in [-0.1, -0.05) is 13.3 Å². The molecule has 1 aromatic heterocycles. The molecule has 0 saturated heterocycles. The van der Waals surface area contributed by atoms with Crippen molar-refractivity contribution in [3.05, 3.63) is 23.0 Å². The molecule has 0 aliphatic heterocycles. The molecular formula is C14H20N2OS. The van der Waals surface area contributed by atoms with Crippen LogP contribution in [-0.2, 0) is 5.54 Å². The number of nitrogens with zero attached hydrogens (tertiary/aromatic N) is 1. The lowest BCUT2D eigenvalue weighted by molar-refractivity contribution is 0.330. The summed E-state index contributed by atoms with van der Waals surface area (Å²) in [5, 5.41) is 0. The molecule has 0 aliphatic carbocycles. The smallest absolute Gasteiger partial charge is 0.178 e. The summed E-state index contributed by atoms with van der Waals surface area (Å²) in [6.45, 7) is 6.65. The molecule has 1 heterocycles. The molecule has 0 radical (unpaired) electrons. The second kappa shape index (κ2) is 4.76. The van der Waals surface area contributed by atoms with E-state index in [-0.39, 0.29) is 5.54 Å². The topological polar surface area (TPSA) is 29.9 Å². The number of hydrogen-bond donors (Lipinski definition) is 1. The summed E-state index contributed by atoms with van der Waals surface area (Å²) in [7, 11) is 1.67. The number of ether oxygens (including phenoxy) is 1. The van der Waals surface area contributed by atoms with Gasteiger partial charge in [-0.25, -0.2) is 0 Å². The van der Waals surface area contributed by atoms with Crippen LogP contribution in [0.4, 0.5) is 0 Å². The fourth-order valence-corrected chi connectivity index (χ4v) is 3.00. The maximum absolute atomic E-state index is 5.46. The molecular weight excluding hydrogens is 244 g/mol. The Hall–Kier alpha value is -1.29. The second-order valence-corrected chi connectivity index (χ2v) is 5.60. The highest BCUT2D eigenvalue weighted by molar-refractivity contribution is 7.71. The molecule has 4 heteroatoms. The zero-order chi connectivity index (χ0) is 13.3. The second-order valence-electron chi connectivity index (χ2n) is 5.21. The standard InChI is InChI=1S/C14H20N2OS/c1-5-8-14(2,3)16-12-7-6-10(17-4)9-11(12)15-13(16)18/h6-7,9H,5,8H2,1-4H3,(H,15,18). The Morgan fingerprint density at radius 1 is 1.39 bits per heavy atom. The molecule has 1 N–H and O–H groups in total. The van der Waals surface area contributed by atoms with E-state index in [0.717, 1.165) is 34.4 Å². The van der Waals surface area contributed by atoms with E-state index < -0.39 is 0 Å². The van der Waals surface area contributed by atoms with E-state index in [1.807, 2.05) is 12.1 Å². The van der Waals surface area contributed by atoms with Crippen molar-refractivity contribution >= 4 is 23.3 Å². The van der Waals surface area contributed by atoms with Gasteiger partial charge in [0.05, 0.1) is 18.1 Å². The molecule has 2 aromatic rings. The average molecular weight is 264 g/mol. The SMILES string of the molecule is CCCC(C)(C)n1c(=S)[nH]c2cc(OC)ccc21. The minimum atomic E-state index is 0.0265. The molecule has 18 heavy (non-hydrogen) atoms. The van der Waals surface area contributed by atoms with Gasteiger partial charge < -0.3 is 14.3 Å². The summed E-state index contributed by atoms with van der Waals surface area (Å²) in [5.74, 6) is 0.846. The number of rotatable bonds is 4. The number of imidazole rings is 1. The van der Waals surface area contributed by atoms with Crippen LogP contribution in [0.15, 0.2) is 18.2 Å². The van der Waals surface area contributed by atoms with Gasteiger partial charge in [-0.2, -0.15) is 0 Å². The van der Waals surface area contributed by atoms with E-state index in [9.17, 15) is 0 Å². The largest absolute Gasteiger partial charge is 0.497 e. The lowest BCUT2D eigenvalue weighted by Gasteiger charge is -2.27. The van der Waals surface area contributed by atoms with Crippen LogP contribution < -0.4 is 4.74 Å². The van der Waals surface area contributed by atoms with Gasteiger partial charge >= 0.3 is 0 Å². The number of benzene rings is 1. The number of methoxy groups -OCH3 is 1. The molecule has 0 bridgehead atoms. The van der Waals surface area contributed by atoms with Gasteiger partial charge in [0, 0.05) is 11.6 Å². The molecule has 1 aromatic carbocycles. The predicted octanol–water partition coefficient (Wildman–Crippen LogP) is 4.24. The Kier molecular flexibility index (Phi) is 3.48. The van der Waals surface area contributed by atoms with Crippen LogP contribution in [0.25, 0.3) is 11.0 Å². The van der Waals surface area contributed by atoms with E-state index in [4.69, 9.17) is 17.0 Å². The van der Waals surface area contributed by atoms with Crippen molar-refractivity contribution in [2.24, 2.45) is 0 Å². The predicted molar refractivity (Wildman–Crippen MR) is 77.9 cm³/mol. The first-order valence-corrected chi connectivity index (χ1v) is 6.69. The van der Waals surface area contributed by atoms with Gasteiger partial charge in [-0.05, 0) is 44.6 Å². The van der Waals surface area contributed by atoms with Crippen LogP contribution in [0.2, 0.25) is 0 Å². The van der Waals surface area contributed by atoms with Gasteiger partial charge in [-0.15, -0.1) is 0 Å². The van der Waals surface area contributed by atoms with E-state index in [0.29, 0.717) is 0 Å². The van der Waals surface area contributed by atoms with E-state index in [2.05, 4.69) is 36.4 Å². The Morgan fingerprint density at radius 3 is 2.72 bits per heavy atom. The molecule has 0 unspecified atom stereocenters. The molecule has 3 nitrogen and oxygen atoms in total. The Morgan fingerprint density at radius 2 is 2.11 bits per heavy atom. The Balaban J connectivity index is 2.65. The highest BCUT2D eigenvalue weighted by atomic mass is 32.1. The third kappa shape index (κ3) is 2.17. The summed E-state index contributed by atoms with van der Waals surface area (Å²) in [5.41, 5.74) is 2.20. The monoisotopic (exact) mass is 264 g/mol. The van der Waals surface area contributed by atoms with Gasteiger partial charge in [0.2, 0.25) is 0 Å². The third-order valence-corrected chi connectivity index (χ3v) is 3.64. The van der Waals surface area contributed by atoms with Crippen molar-refractivity contribution in [1.82, 2.24) is 9.55 Å². The molecule has 0 amide bonds. The summed E-state index contributed by atoms with van der Waals surface area (Å²) in [6.07, 6.45) is 2.23. The van der Waals surface area contributed by atoms with Gasteiger partial charge in [-0.3, -0.25) is 0 Å². The third-order valence-electron chi connectivity index (χ3n) is 3.36. The number of H-pyrrole nitrogens is 1. The number of fused-ring (bicyclic) bond motifs is 1. The summed E-state index contributed by atoms with van der Waals surface area (Å²) < 4.78 is 8.22. The first kappa shape index (κ1) is 13.1. The zero-order valence-electron chi connectivity index (χ0n) is 11.4. The fourth-order valence-electron chi connectivity index (χ4n) is 2.54. The highest BCUT2D eigenvalue weighted by Gasteiger charge is 2.22. The number of aromatic nitrogens is 2. The maximum Gasteiger partial charge on any atom is 0.178 e. The normalized spacial score (nSPS) is 12.0. The van der Waals surface area contributed by atoms with Gasteiger partial charge in [0.15, 0.2) is 4.77 Å². The minimum absolute atomic E-state index is 0.0265. The average Bonchev–Trinajstić information content (AvgIpc) is 2.64. The molecule has 98 valence electrons. The van der Waals surface area contributed by atoms with Crippen molar-refractivity contribution < 1.29 is 4.74 Å². The number of aromatic amines is 1. The van der Waals surface area contributed by atoms with Crippen LogP contribution in [0, 0.1) is 4.77 Å². The minimum Gasteiger partial charge on any atom is -0.497 e. The lowest BCUT2D eigenvalue weighted by Crippen LogP contribution is -2.25. The van der Waals surface area contributed by atoms with Crippen LogP contribution in [0.3, 0.4) is 0 Å². The molecule has 0 atom stereocenters. The van der Waals surface area contributed by atoms with Crippen LogP contribution in [0.1, 0.15) is 33.6 Å². The molecule has 0 spiro atoms. The maximum atomic E-state index is 5.46. The van der Waals surface area contributed by atoms with E-state index in [1.165, 1.54) is 0 Å². The van der Waals surface area contributed by atoms with Crippen LogP contribution in [-0.4, -0.2) is 16.7 Å². The van der Waals surface area contributed by atoms with Crippen LogP contribution >= 0.6 is 12.2 Å². The Labute approximate surface area is 113 Å². The first-order chi connectivity index (χ1) is 8.49. The fraction of sp³-hybridized carbons (Fsp3) is 0.500.